The third-order valence-electron chi connectivity index (χ3n) is 6.13. The zero-order chi connectivity index (χ0) is 35.2. The van der Waals surface area contributed by atoms with Gasteiger partial charge in [-0.3, -0.25) is 19.2 Å². The van der Waals surface area contributed by atoms with E-state index < -0.39 is 52.0 Å². The summed E-state index contributed by atoms with van der Waals surface area (Å²) in [4.78, 5) is 87.8. The van der Waals surface area contributed by atoms with Crippen LogP contribution in [0, 0.1) is 0 Å². The van der Waals surface area contributed by atoms with Crippen molar-refractivity contribution in [2.45, 2.75) is 32.9 Å². The van der Waals surface area contributed by atoms with Gasteiger partial charge in [-0.1, -0.05) is 59.9 Å². The summed E-state index contributed by atoms with van der Waals surface area (Å²) in [6.45, 7) is 4.07. The van der Waals surface area contributed by atoms with Crippen LogP contribution in [-0.2, 0) is 23.9 Å². The van der Waals surface area contributed by atoms with Crippen molar-refractivity contribution in [1.29, 1.82) is 0 Å². The molecule has 2 atom stereocenters. The van der Waals surface area contributed by atoms with Gasteiger partial charge in [0.2, 0.25) is 22.0 Å². The molecule has 0 aliphatic rings. The predicted octanol–water partition coefficient (Wildman–Crippen LogP) is 3.54. The fourth-order valence-corrected chi connectivity index (χ4v) is 5.85. The Morgan fingerprint density at radius 2 is 1.15 bits per heavy atom. The summed E-state index contributed by atoms with van der Waals surface area (Å²) in [5.74, 6) is -4.57. The van der Waals surface area contributed by atoms with Crippen molar-refractivity contribution >= 4 is 63.5 Å². The number of nitrogens with one attached hydrogen (secondary N) is 2. The normalized spacial score (nSPS) is 11.7. The molecular weight excluding hydrogens is 665 g/mol. The molecule has 0 fully saturated rings. The second kappa shape index (κ2) is 18.3. The van der Waals surface area contributed by atoms with Crippen molar-refractivity contribution in [2.75, 3.05) is 18.1 Å². The van der Waals surface area contributed by atoms with Crippen molar-refractivity contribution < 1.29 is 52.9 Å². The lowest BCUT2D eigenvalue weighted by Gasteiger charge is -2.19. The number of benzene rings is 3. The number of amides is 2. The first-order valence-corrected chi connectivity index (χ1v) is 16.3. The number of carbonyl (C=O) groups is 7. The second-order valence-electron chi connectivity index (χ2n) is 9.78. The van der Waals surface area contributed by atoms with E-state index in [1.54, 1.807) is 6.92 Å². The minimum atomic E-state index is -1.15. The van der Waals surface area contributed by atoms with Crippen molar-refractivity contribution in [2.24, 2.45) is 0 Å². The number of phenols is 1. The summed E-state index contributed by atoms with van der Waals surface area (Å²) < 4.78 is 15.8. The van der Waals surface area contributed by atoms with Crippen LogP contribution in [0.2, 0.25) is 0 Å². The van der Waals surface area contributed by atoms with E-state index in [0.29, 0.717) is 23.5 Å². The van der Waals surface area contributed by atoms with Crippen LogP contribution in [0.5, 0.6) is 17.2 Å². The molecule has 3 aromatic carbocycles. The molecule has 0 aliphatic carbocycles. The standard InChI is InChI=1S/C33H32N2O11S2/c1-4-44-31(41)24(34-19(2)36)17-48-33(43)25(35-20(3)37)18-47-32(42)23-13-7-10-16-28(23)46-30(40)22-12-6-9-15-27(22)45-29(39)21-11-5-8-14-26(21)38/h5-16,24-25,38H,4,17-18H2,1-3H3,(H,34,36)(H,35,37). The molecule has 0 aliphatic heterocycles. The minimum absolute atomic E-state index is 0.0192. The van der Waals surface area contributed by atoms with Crippen LogP contribution >= 0.6 is 23.5 Å². The number of carbonyl (C=O) groups excluding carboxylic acids is 7. The third kappa shape index (κ3) is 11.0. The summed E-state index contributed by atoms with van der Waals surface area (Å²) in [7, 11) is 0. The largest absolute Gasteiger partial charge is 0.507 e. The molecule has 0 heterocycles. The van der Waals surface area contributed by atoms with Gasteiger partial charge >= 0.3 is 17.9 Å². The van der Waals surface area contributed by atoms with E-state index in [0.717, 1.165) is 0 Å². The van der Waals surface area contributed by atoms with E-state index in [4.69, 9.17) is 14.2 Å². The molecule has 0 saturated carbocycles. The van der Waals surface area contributed by atoms with E-state index in [-0.39, 0.29) is 52.1 Å². The lowest BCUT2D eigenvalue weighted by Crippen LogP contribution is -2.44. The molecule has 48 heavy (non-hydrogen) atoms. The van der Waals surface area contributed by atoms with Crippen LogP contribution in [0.1, 0.15) is 51.8 Å². The van der Waals surface area contributed by atoms with E-state index in [9.17, 15) is 38.7 Å². The number of ether oxygens (including phenoxy) is 3. The minimum Gasteiger partial charge on any atom is -0.507 e. The van der Waals surface area contributed by atoms with Gasteiger partial charge in [0.15, 0.2) is 0 Å². The molecule has 252 valence electrons. The van der Waals surface area contributed by atoms with Gasteiger partial charge in [0, 0.05) is 25.4 Å². The molecule has 13 nitrogen and oxygen atoms in total. The van der Waals surface area contributed by atoms with Crippen LogP contribution in [0.25, 0.3) is 0 Å². The average Bonchev–Trinajstić information content (AvgIpc) is 3.05. The maximum Gasteiger partial charge on any atom is 0.347 e. The van der Waals surface area contributed by atoms with E-state index in [1.165, 1.54) is 86.6 Å². The van der Waals surface area contributed by atoms with E-state index >= 15 is 0 Å². The molecular formula is C33H32N2O11S2. The summed E-state index contributed by atoms with van der Waals surface area (Å²) >= 11 is 1.36. The first-order chi connectivity index (χ1) is 22.9. The van der Waals surface area contributed by atoms with E-state index in [2.05, 4.69) is 10.6 Å². The number of hydrogen-bond donors (Lipinski definition) is 3. The highest BCUT2D eigenvalue weighted by Crippen LogP contribution is 2.28. The Balaban J connectivity index is 1.71. The Kier molecular flexibility index (Phi) is 14.2. The van der Waals surface area contributed by atoms with Gasteiger partial charge < -0.3 is 30.0 Å². The Morgan fingerprint density at radius 3 is 1.73 bits per heavy atom. The van der Waals surface area contributed by atoms with E-state index in [1.807, 2.05) is 0 Å². The number of aromatic hydroxyl groups is 1. The number of hydrogen-bond acceptors (Lipinski definition) is 13. The fraction of sp³-hybridized carbons (Fsp3) is 0.242. The lowest BCUT2D eigenvalue weighted by atomic mass is 10.2. The lowest BCUT2D eigenvalue weighted by molar-refractivity contribution is -0.146. The molecule has 2 unspecified atom stereocenters. The van der Waals surface area contributed by atoms with Crippen LogP contribution in [-0.4, -0.2) is 75.3 Å². The molecule has 0 saturated heterocycles. The summed E-state index contributed by atoms with van der Waals surface area (Å²) in [5, 5.41) is 13.7. The highest BCUT2D eigenvalue weighted by atomic mass is 32.2. The number of rotatable bonds is 14. The molecule has 0 spiro atoms. The van der Waals surface area contributed by atoms with Crippen LogP contribution in [0.15, 0.2) is 72.8 Å². The zero-order valence-electron chi connectivity index (χ0n) is 26.1. The van der Waals surface area contributed by atoms with Crippen LogP contribution in [0.4, 0.5) is 0 Å². The number of para-hydroxylation sites is 3. The Morgan fingerprint density at radius 1 is 0.667 bits per heavy atom. The summed E-state index contributed by atoms with van der Waals surface area (Å²) in [6, 6.07) is 15.1. The molecule has 3 rings (SSSR count). The number of esters is 3. The smallest absolute Gasteiger partial charge is 0.347 e. The molecule has 3 aromatic rings. The van der Waals surface area contributed by atoms with Gasteiger partial charge in [-0.05, 0) is 43.3 Å². The Bertz CT molecular complexity index is 1700. The molecule has 0 bridgehead atoms. The van der Waals surface area contributed by atoms with Gasteiger partial charge in [-0.2, -0.15) is 0 Å². The van der Waals surface area contributed by atoms with Gasteiger partial charge in [0.25, 0.3) is 0 Å². The molecule has 15 heteroatoms. The first-order valence-electron chi connectivity index (χ1n) is 14.4. The third-order valence-corrected chi connectivity index (χ3v) is 8.18. The summed E-state index contributed by atoms with van der Waals surface area (Å²) in [6.07, 6.45) is 0. The number of thioether (sulfide) groups is 2. The highest BCUT2D eigenvalue weighted by Gasteiger charge is 2.28. The SMILES string of the molecule is CCOC(=O)C(CSC(=O)C(CSC(=O)c1ccccc1OC(=O)c1ccccc1OC(=O)c1ccccc1O)NC(C)=O)NC(C)=O. The van der Waals surface area contributed by atoms with Crippen molar-refractivity contribution in [3.63, 3.8) is 0 Å². The summed E-state index contributed by atoms with van der Waals surface area (Å²) in [5.41, 5.74) is -0.270. The van der Waals surface area contributed by atoms with Crippen LogP contribution < -0.4 is 20.1 Å². The van der Waals surface area contributed by atoms with Gasteiger partial charge in [-0.25, -0.2) is 14.4 Å². The topological polar surface area (TPSA) is 191 Å². The van der Waals surface area contributed by atoms with Crippen LogP contribution in [0.3, 0.4) is 0 Å². The first kappa shape index (κ1) is 37.3. The maximum absolute atomic E-state index is 13.3. The van der Waals surface area contributed by atoms with Crippen molar-refractivity contribution in [3.05, 3.63) is 89.5 Å². The quantitative estimate of drug-likeness (QED) is 0.164. The Labute approximate surface area is 284 Å². The molecule has 0 radical (unpaired) electrons. The van der Waals surface area contributed by atoms with Gasteiger partial charge in [-0.15, -0.1) is 0 Å². The van der Waals surface area contributed by atoms with Gasteiger partial charge in [0.05, 0.1) is 12.2 Å². The highest BCUT2D eigenvalue weighted by molar-refractivity contribution is 8.15. The number of phenolic OH excluding ortho intramolecular Hbond substituents is 1. The van der Waals surface area contributed by atoms with Crippen molar-refractivity contribution in [1.82, 2.24) is 10.6 Å². The average molecular weight is 697 g/mol. The Hall–Kier alpha value is -5.15. The predicted molar refractivity (Wildman–Crippen MR) is 177 cm³/mol. The molecule has 0 aromatic heterocycles. The van der Waals surface area contributed by atoms with Gasteiger partial charge in [0.1, 0.15) is 40.5 Å². The van der Waals surface area contributed by atoms with Crippen molar-refractivity contribution in [3.8, 4) is 17.2 Å². The maximum atomic E-state index is 13.3. The second-order valence-corrected chi connectivity index (χ2v) is 11.8. The zero-order valence-corrected chi connectivity index (χ0v) is 27.7. The fourth-order valence-electron chi connectivity index (χ4n) is 3.98. The monoisotopic (exact) mass is 696 g/mol. The molecule has 3 N–H and O–H groups in total. The molecule has 2 amide bonds.